The average molecular weight is 201 g/mol. The SMILES string of the molecule is CCc1nc2c(o1)CS(=O)(=O)CC2. The lowest BCUT2D eigenvalue weighted by molar-refractivity contribution is 0.467. The van der Waals surface area contributed by atoms with Crippen LogP contribution < -0.4 is 0 Å². The molecule has 0 aliphatic carbocycles. The zero-order chi connectivity index (χ0) is 9.47. The third-order valence-corrected chi connectivity index (χ3v) is 3.65. The first kappa shape index (κ1) is 8.74. The van der Waals surface area contributed by atoms with Crippen molar-refractivity contribution in [2.45, 2.75) is 25.5 Å². The van der Waals surface area contributed by atoms with E-state index in [9.17, 15) is 8.42 Å². The zero-order valence-corrected chi connectivity index (χ0v) is 8.23. The second-order valence-electron chi connectivity index (χ2n) is 3.17. The lowest BCUT2D eigenvalue weighted by atomic mass is 10.3. The Bertz CT molecular complexity index is 419. The maximum atomic E-state index is 11.2. The average Bonchev–Trinajstić information content (AvgIpc) is 2.44. The quantitative estimate of drug-likeness (QED) is 0.671. The highest BCUT2D eigenvalue weighted by atomic mass is 32.2. The molecule has 0 spiro atoms. The van der Waals surface area contributed by atoms with Crippen LogP contribution in [-0.4, -0.2) is 19.2 Å². The molecular weight excluding hydrogens is 190 g/mol. The topological polar surface area (TPSA) is 60.2 Å². The Hall–Kier alpha value is -0.840. The molecule has 0 saturated carbocycles. The maximum absolute atomic E-state index is 11.2. The predicted molar refractivity (Wildman–Crippen MR) is 47.1 cm³/mol. The normalized spacial score (nSPS) is 19.8. The minimum absolute atomic E-state index is 0.0231. The molecule has 0 fully saturated rings. The first-order valence-corrected chi connectivity index (χ1v) is 6.11. The summed E-state index contributed by atoms with van der Waals surface area (Å²) in [7, 11) is -2.92. The molecule has 5 heteroatoms. The molecule has 1 aromatic rings. The van der Waals surface area contributed by atoms with Crippen LogP contribution in [0.25, 0.3) is 0 Å². The molecule has 0 radical (unpaired) electrons. The van der Waals surface area contributed by atoms with Gasteiger partial charge in [0.25, 0.3) is 0 Å². The van der Waals surface area contributed by atoms with Gasteiger partial charge in [-0.05, 0) is 0 Å². The molecule has 72 valence electrons. The molecule has 2 rings (SSSR count). The lowest BCUT2D eigenvalue weighted by Crippen LogP contribution is -2.17. The van der Waals surface area contributed by atoms with Crippen molar-refractivity contribution in [2.24, 2.45) is 0 Å². The van der Waals surface area contributed by atoms with Crippen molar-refractivity contribution in [3.63, 3.8) is 0 Å². The molecule has 1 aliphatic rings. The van der Waals surface area contributed by atoms with Gasteiger partial charge in [0.05, 0.1) is 11.4 Å². The fourth-order valence-electron chi connectivity index (χ4n) is 1.42. The second kappa shape index (κ2) is 2.83. The number of oxazole rings is 1. The van der Waals surface area contributed by atoms with Crippen LogP contribution in [0.2, 0.25) is 0 Å². The van der Waals surface area contributed by atoms with E-state index in [1.807, 2.05) is 6.92 Å². The van der Waals surface area contributed by atoms with Crippen LogP contribution in [0.15, 0.2) is 4.42 Å². The number of rotatable bonds is 1. The van der Waals surface area contributed by atoms with E-state index >= 15 is 0 Å². The van der Waals surface area contributed by atoms with E-state index in [0.717, 1.165) is 5.69 Å². The molecule has 0 saturated heterocycles. The van der Waals surface area contributed by atoms with Crippen LogP contribution >= 0.6 is 0 Å². The van der Waals surface area contributed by atoms with E-state index in [-0.39, 0.29) is 11.5 Å². The highest BCUT2D eigenvalue weighted by Gasteiger charge is 2.26. The van der Waals surface area contributed by atoms with Gasteiger partial charge in [-0.2, -0.15) is 0 Å². The van der Waals surface area contributed by atoms with Crippen LogP contribution in [0.3, 0.4) is 0 Å². The Morgan fingerprint density at radius 3 is 3.00 bits per heavy atom. The van der Waals surface area contributed by atoms with Crippen molar-refractivity contribution >= 4 is 9.84 Å². The fraction of sp³-hybridized carbons (Fsp3) is 0.625. The zero-order valence-electron chi connectivity index (χ0n) is 7.41. The van der Waals surface area contributed by atoms with E-state index in [1.165, 1.54) is 0 Å². The second-order valence-corrected chi connectivity index (χ2v) is 5.36. The third kappa shape index (κ3) is 1.60. The summed E-state index contributed by atoms with van der Waals surface area (Å²) >= 11 is 0. The summed E-state index contributed by atoms with van der Waals surface area (Å²) in [6.07, 6.45) is 1.22. The molecule has 4 nitrogen and oxygen atoms in total. The molecule has 0 amide bonds. The van der Waals surface area contributed by atoms with Crippen LogP contribution in [-0.2, 0) is 28.4 Å². The van der Waals surface area contributed by atoms with Crippen molar-refractivity contribution in [1.82, 2.24) is 4.98 Å². The third-order valence-electron chi connectivity index (χ3n) is 2.13. The van der Waals surface area contributed by atoms with E-state index < -0.39 is 9.84 Å². The first-order chi connectivity index (χ1) is 6.11. The van der Waals surface area contributed by atoms with Crippen molar-refractivity contribution in [3.8, 4) is 0 Å². The lowest BCUT2D eigenvalue weighted by Gasteiger charge is -2.07. The van der Waals surface area contributed by atoms with Gasteiger partial charge in [-0.15, -0.1) is 0 Å². The first-order valence-electron chi connectivity index (χ1n) is 4.28. The van der Waals surface area contributed by atoms with E-state index in [4.69, 9.17) is 4.42 Å². The summed E-state index contributed by atoms with van der Waals surface area (Å²) in [5, 5.41) is 0. The highest BCUT2D eigenvalue weighted by Crippen LogP contribution is 2.21. The van der Waals surface area contributed by atoms with Crippen LogP contribution in [0, 0.1) is 0 Å². The van der Waals surface area contributed by atoms with E-state index in [1.54, 1.807) is 0 Å². The molecule has 0 aromatic carbocycles. The highest BCUT2D eigenvalue weighted by molar-refractivity contribution is 7.90. The Labute approximate surface area is 76.9 Å². The molecule has 0 unspecified atom stereocenters. The number of aromatic nitrogens is 1. The van der Waals surface area contributed by atoms with E-state index in [0.29, 0.717) is 24.5 Å². The summed E-state index contributed by atoms with van der Waals surface area (Å²) in [4.78, 5) is 4.20. The van der Waals surface area contributed by atoms with Crippen molar-refractivity contribution < 1.29 is 12.8 Å². The standard InChI is InChI=1S/C8H11NO3S/c1-2-8-9-6-3-4-13(10,11)5-7(6)12-8/h2-5H2,1H3. The van der Waals surface area contributed by atoms with Gasteiger partial charge in [-0.3, -0.25) is 0 Å². The smallest absolute Gasteiger partial charge is 0.194 e. The van der Waals surface area contributed by atoms with Gasteiger partial charge in [0.2, 0.25) is 0 Å². The molecule has 0 atom stereocenters. The van der Waals surface area contributed by atoms with Crippen LogP contribution in [0.5, 0.6) is 0 Å². The Morgan fingerprint density at radius 1 is 1.54 bits per heavy atom. The molecule has 1 aromatic heterocycles. The minimum atomic E-state index is -2.92. The van der Waals surface area contributed by atoms with Gasteiger partial charge in [0, 0.05) is 12.8 Å². The Kier molecular flexibility index (Phi) is 1.91. The number of fused-ring (bicyclic) bond motifs is 1. The number of aryl methyl sites for hydroxylation is 2. The van der Waals surface area contributed by atoms with Crippen LogP contribution in [0.1, 0.15) is 24.3 Å². The van der Waals surface area contributed by atoms with E-state index in [2.05, 4.69) is 4.98 Å². The van der Waals surface area contributed by atoms with Gasteiger partial charge in [-0.1, -0.05) is 6.92 Å². The van der Waals surface area contributed by atoms with Crippen molar-refractivity contribution in [3.05, 3.63) is 17.3 Å². The predicted octanol–water partition coefficient (Wildman–Crippen LogP) is 0.708. The maximum Gasteiger partial charge on any atom is 0.194 e. The molecule has 13 heavy (non-hydrogen) atoms. The summed E-state index contributed by atoms with van der Waals surface area (Å²) in [6.45, 7) is 1.94. The monoisotopic (exact) mass is 201 g/mol. The Balaban J connectivity index is 2.40. The van der Waals surface area contributed by atoms with Crippen LogP contribution in [0.4, 0.5) is 0 Å². The van der Waals surface area contributed by atoms with Crippen molar-refractivity contribution in [1.29, 1.82) is 0 Å². The van der Waals surface area contributed by atoms with Gasteiger partial charge in [0.15, 0.2) is 15.7 Å². The van der Waals surface area contributed by atoms with Gasteiger partial charge in [-0.25, -0.2) is 13.4 Å². The largest absolute Gasteiger partial charge is 0.444 e. The summed E-state index contributed by atoms with van der Waals surface area (Å²) in [5.41, 5.74) is 0.826. The van der Waals surface area contributed by atoms with Gasteiger partial charge in [0.1, 0.15) is 11.5 Å². The Morgan fingerprint density at radius 2 is 2.31 bits per heavy atom. The van der Waals surface area contributed by atoms with Crippen molar-refractivity contribution in [2.75, 3.05) is 5.75 Å². The fourth-order valence-corrected chi connectivity index (χ4v) is 2.69. The summed E-state index contributed by atoms with van der Waals surface area (Å²) in [5.74, 6) is 1.41. The number of hydrogen-bond acceptors (Lipinski definition) is 4. The molecule has 1 aliphatic heterocycles. The molecular formula is C8H11NO3S. The molecule has 2 heterocycles. The minimum Gasteiger partial charge on any atom is -0.444 e. The van der Waals surface area contributed by atoms with Gasteiger partial charge < -0.3 is 4.42 Å². The number of hydrogen-bond donors (Lipinski definition) is 0. The van der Waals surface area contributed by atoms with Gasteiger partial charge >= 0.3 is 0 Å². The number of nitrogens with zero attached hydrogens (tertiary/aromatic N) is 1. The summed E-state index contributed by atoms with van der Waals surface area (Å²) < 4.78 is 27.7. The summed E-state index contributed by atoms with van der Waals surface area (Å²) in [6, 6.07) is 0. The number of sulfone groups is 1. The molecule has 0 bridgehead atoms. The molecule has 0 N–H and O–H groups in total.